The second kappa shape index (κ2) is 6.73. The number of aryl methyl sites for hydroxylation is 1. The average molecular weight is 321 g/mol. The third-order valence-electron chi connectivity index (χ3n) is 4.03. The number of hydrogen-bond donors (Lipinski definition) is 2. The molecule has 0 aliphatic carbocycles. The van der Waals surface area contributed by atoms with Gasteiger partial charge >= 0.3 is 0 Å². The summed E-state index contributed by atoms with van der Waals surface area (Å²) in [7, 11) is 0. The minimum atomic E-state index is -0.265. The van der Waals surface area contributed by atoms with Gasteiger partial charge in [-0.15, -0.1) is 11.3 Å². The van der Waals surface area contributed by atoms with Crippen LogP contribution < -0.4 is 10.6 Å². The highest BCUT2D eigenvalue weighted by atomic mass is 32.1. The van der Waals surface area contributed by atoms with Crippen molar-refractivity contribution in [2.24, 2.45) is 0 Å². The first-order valence-electron chi connectivity index (χ1n) is 7.55. The van der Waals surface area contributed by atoms with E-state index in [0.717, 1.165) is 48.4 Å². The average Bonchev–Trinajstić information content (AvgIpc) is 2.85. The number of carbonyl (C=O) groups excluding carboxylic acids is 1. The number of nitrogens with one attached hydrogen (secondary N) is 2. The van der Waals surface area contributed by atoms with Crippen molar-refractivity contribution < 1.29 is 9.18 Å². The Kier molecular flexibility index (Phi) is 4.71. The zero-order valence-electron chi connectivity index (χ0n) is 12.6. The summed E-state index contributed by atoms with van der Waals surface area (Å²) in [5.74, 6) is -0.326. The Morgan fingerprint density at radius 3 is 2.95 bits per heavy atom. The molecule has 1 aromatic heterocycles. The molecule has 1 aromatic carbocycles. The van der Waals surface area contributed by atoms with Crippen LogP contribution >= 0.6 is 11.3 Å². The lowest BCUT2D eigenvalue weighted by molar-refractivity contribution is 0.0951. The molecule has 0 unspecified atom stereocenters. The molecule has 0 radical (unpaired) electrons. The van der Waals surface area contributed by atoms with Gasteiger partial charge in [0, 0.05) is 44.0 Å². The minimum Gasteiger partial charge on any atom is -0.350 e. The number of piperazine rings is 1. The Hall–Kier alpha value is -1.50. The zero-order valence-corrected chi connectivity index (χ0v) is 13.4. The molecule has 1 fully saturated rings. The molecular weight excluding hydrogens is 301 g/mol. The van der Waals surface area contributed by atoms with Gasteiger partial charge in [0.15, 0.2) is 0 Å². The van der Waals surface area contributed by atoms with Crippen molar-refractivity contribution in [3.05, 3.63) is 34.5 Å². The molecule has 1 saturated heterocycles. The van der Waals surface area contributed by atoms with E-state index in [1.807, 2.05) is 6.92 Å². The van der Waals surface area contributed by atoms with Crippen LogP contribution in [0, 0.1) is 12.7 Å². The molecule has 2 heterocycles. The third-order valence-corrected chi connectivity index (χ3v) is 5.30. The fourth-order valence-electron chi connectivity index (χ4n) is 2.75. The maximum atomic E-state index is 13.3. The van der Waals surface area contributed by atoms with E-state index >= 15 is 0 Å². The van der Waals surface area contributed by atoms with Gasteiger partial charge in [-0.05, 0) is 36.1 Å². The highest BCUT2D eigenvalue weighted by Crippen LogP contribution is 2.31. The summed E-state index contributed by atoms with van der Waals surface area (Å²) in [5, 5.41) is 7.12. The molecule has 22 heavy (non-hydrogen) atoms. The van der Waals surface area contributed by atoms with Crippen molar-refractivity contribution in [1.82, 2.24) is 15.5 Å². The molecular formula is C16H20FN3OS. The van der Waals surface area contributed by atoms with E-state index < -0.39 is 0 Å². The summed E-state index contributed by atoms with van der Waals surface area (Å²) >= 11 is 1.42. The number of benzene rings is 1. The van der Waals surface area contributed by atoms with Crippen molar-refractivity contribution in [1.29, 1.82) is 0 Å². The number of nitrogens with zero attached hydrogens (tertiary/aromatic N) is 1. The molecule has 1 aliphatic heterocycles. The lowest BCUT2D eigenvalue weighted by Gasteiger charge is -2.27. The monoisotopic (exact) mass is 321 g/mol. The Morgan fingerprint density at radius 2 is 2.18 bits per heavy atom. The fourth-order valence-corrected chi connectivity index (χ4v) is 3.86. The molecule has 0 saturated carbocycles. The highest BCUT2D eigenvalue weighted by Gasteiger charge is 2.16. The number of amides is 1. The molecule has 3 rings (SSSR count). The predicted molar refractivity (Wildman–Crippen MR) is 88.2 cm³/mol. The predicted octanol–water partition coefficient (Wildman–Crippen LogP) is 1.98. The van der Waals surface area contributed by atoms with Crippen LogP contribution in [-0.4, -0.2) is 50.1 Å². The van der Waals surface area contributed by atoms with Gasteiger partial charge in [0.25, 0.3) is 5.91 Å². The second-order valence-corrected chi connectivity index (χ2v) is 6.60. The topological polar surface area (TPSA) is 44.4 Å². The van der Waals surface area contributed by atoms with Gasteiger partial charge < -0.3 is 10.6 Å². The Morgan fingerprint density at radius 1 is 1.41 bits per heavy atom. The molecule has 0 bridgehead atoms. The molecule has 1 amide bonds. The van der Waals surface area contributed by atoms with Gasteiger partial charge in [0.05, 0.1) is 4.88 Å². The first-order chi connectivity index (χ1) is 10.6. The summed E-state index contributed by atoms with van der Waals surface area (Å²) in [6.07, 6.45) is 0. The van der Waals surface area contributed by atoms with Crippen molar-refractivity contribution in [2.45, 2.75) is 6.92 Å². The third kappa shape index (κ3) is 3.29. The van der Waals surface area contributed by atoms with E-state index in [9.17, 15) is 9.18 Å². The second-order valence-electron chi connectivity index (χ2n) is 5.54. The Bertz CT molecular complexity index is 679. The van der Waals surface area contributed by atoms with Crippen LogP contribution in [0.4, 0.5) is 4.39 Å². The van der Waals surface area contributed by atoms with Gasteiger partial charge in [-0.25, -0.2) is 4.39 Å². The normalized spacial score (nSPS) is 16.1. The maximum Gasteiger partial charge on any atom is 0.261 e. The Balaban J connectivity index is 1.63. The van der Waals surface area contributed by atoms with E-state index in [4.69, 9.17) is 0 Å². The fraction of sp³-hybridized carbons (Fsp3) is 0.438. The van der Waals surface area contributed by atoms with Gasteiger partial charge in [0.1, 0.15) is 5.82 Å². The maximum absolute atomic E-state index is 13.3. The molecule has 118 valence electrons. The van der Waals surface area contributed by atoms with Crippen LogP contribution in [-0.2, 0) is 0 Å². The van der Waals surface area contributed by atoms with Crippen molar-refractivity contribution in [3.63, 3.8) is 0 Å². The van der Waals surface area contributed by atoms with Crippen LogP contribution in [0.5, 0.6) is 0 Å². The first-order valence-corrected chi connectivity index (χ1v) is 8.37. The Labute approximate surface area is 133 Å². The highest BCUT2D eigenvalue weighted by molar-refractivity contribution is 7.21. The summed E-state index contributed by atoms with van der Waals surface area (Å²) in [6.45, 7) is 7.45. The van der Waals surface area contributed by atoms with Crippen LogP contribution in [0.2, 0.25) is 0 Å². The number of rotatable bonds is 4. The van der Waals surface area contributed by atoms with E-state index in [0.29, 0.717) is 11.4 Å². The lowest BCUT2D eigenvalue weighted by Crippen LogP contribution is -2.46. The molecule has 0 atom stereocenters. The molecule has 6 heteroatoms. The molecule has 2 aromatic rings. The van der Waals surface area contributed by atoms with Gasteiger partial charge in [-0.2, -0.15) is 0 Å². The summed E-state index contributed by atoms with van der Waals surface area (Å²) in [6, 6.07) is 4.67. The SMILES string of the molecule is Cc1c(C(=O)NCCN2CCNCC2)sc2ccc(F)cc12. The van der Waals surface area contributed by atoms with Crippen LogP contribution in [0.3, 0.4) is 0 Å². The summed E-state index contributed by atoms with van der Waals surface area (Å²) < 4.78 is 14.3. The van der Waals surface area contributed by atoms with Crippen molar-refractivity contribution in [3.8, 4) is 0 Å². The smallest absolute Gasteiger partial charge is 0.261 e. The molecule has 4 nitrogen and oxygen atoms in total. The minimum absolute atomic E-state index is 0.0609. The van der Waals surface area contributed by atoms with Gasteiger partial charge in [-0.1, -0.05) is 0 Å². The molecule has 0 spiro atoms. The van der Waals surface area contributed by atoms with Crippen LogP contribution in [0.15, 0.2) is 18.2 Å². The van der Waals surface area contributed by atoms with E-state index in [2.05, 4.69) is 15.5 Å². The summed E-state index contributed by atoms with van der Waals surface area (Å²) in [5.41, 5.74) is 0.860. The number of carbonyl (C=O) groups is 1. The van der Waals surface area contributed by atoms with Gasteiger partial charge in [-0.3, -0.25) is 9.69 Å². The van der Waals surface area contributed by atoms with E-state index in [-0.39, 0.29) is 11.7 Å². The number of thiophene rings is 1. The number of fused-ring (bicyclic) bond motifs is 1. The number of hydrogen-bond acceptors (Lipinski definition) is 4. The van der Waals surface area contributed by atoms with Crippen molar-refractivity contribution >= 4 is 27.3 Å². The quantitative estimate of drug-likeness (QED) is 0.905. The zero-order chi connectivity index (χ0) is 15.5. The van der Waals surface area contributed by atoms with E-state index in [1.54, 1.807) is 6.07 Å². The summed E-state index contributed by atoms with van der Waals surface area (Å²) in [4.78, 5) is 15.4. The van der Waals surface area contributed by atoms with Gasteiger partial charge in [0.2, 0.25) is 0 Å². The van der Waals surface area contributed by atoms with Crippen molar-refractivity contribution in [2.75, 3.05) is 39.3 Å². The standard InChI is InChI=1S/C16H20FN3OS/c1-11-13-10-12(17)2-3-14(13)22-15(11)16(21)19-6-9-20-7-4-18-5-8-20/h2-3,10,18H,4-9H2,1H3,(H,19,21). The number of halogens is 1. The molecule has 1 aliphatic rings. The first kappa shape index (κ1) is 15.4. The largest absolute Gasteiger partial charge is 0.350 e. The lowest BCUT2D eigenvalue weighted by atomic mass is 10.1. The van der Waals surface area contributed by atoms with Crippen LogP contribution in [0.1, 0.15) is 15.2 Å². The van der Waals surface area contributed by atoms with Crippen LogP contribution in [0.25, 0.3) is 10.1 Å². The van der Waals surface area contributed by atoms with E-state index in [1.165, 1.54) is 23.5 Å². The molecule has 2 N–H and O–H groups in total.